The Labute approximate surface area is 172 Å². The molecule has 1 fully saturated rings. The highest BCUT2D eigenvalue weighted by molar-refractivity contribution is 8.18. The lowest BCUT2D eigenvalue weighted by atomic mass is 10.1. The molecule has 1 aliphatic rings. The van der Waals surface area contributed by atoms with Crippen LogP contribution in [0.25, 0.3) is 6.08 Å². The minimum atomic E-state index is -0.150. The van der Waals surface area contributed by atoms with Crippen LogP contribution in [0.3, 0.4) is 0 Å². The highest BCUT2D eigenvalue weighted by atomic mass is 35.5. The van der Waals surface area contributed by atoms with E-state index in [1.54, 1.807) is 46.6 Å². The SMILES string of the molecule is COc1ccc(N=C2S/C(=C/c3cc(OC)c(OC)cc3Cl)C(=O)N2C)cc1. The van der Waals surface area contributed by atoms with Crippen LogP contribution < -0.4 is 14.2 Å². The second-order valence-electron chi connectivity index (χ2n) is 5.80. The standard InChI is InChI=1S/C20H19ClN2O4S/c1-23-19(24)18(10-12-9-16(26-3)17(27-4)11-15(12)21)28-20(23)22-13-5-7-14(25-2)8-6-13/h5-11H,1-4H3/b18-10+,22-20?. The van der Waals surface area contributed by atoms with E-state index in [2.05, 4.69) is 4.99 Å². The Bertz CT molecular complexity index is 957. The Balaban J connectivity index is 1.91. The third-order valence-electron chi connectivity index (χ3n) is 4.09. The van der Waals surface area contributed by atoms with Crippen molar-refractivity contribution in [3.63, 3.8) is 0 Å². The molecule has 8 heteroatoms. The maximum atomic E-state index is 12.6. The molecule has 0 N–H and O–H groups in total. The van der Waals surface area contributed by atoms with Crippen LogP contribution in [0.1, 0.15) is 5.56 Å². The Morgan fingerprint density at radius 1 is 1.04 bits per heavy atom. The Hall–Kier alpha value is -2.64. The number of halogens is 1. The molecule has 0 spiro atoms. The fourth-order valence-electron chi connectivity index (χ4n) is 2.54. The minimum absolute atomic E-state index is 0.150. The summed E-state index contributed by atoms with van der Waals surface area (Å²) in [6.07, 6.45) is 1.73. The van der Waals surface area contributed by atoms with Crippen LogP contribution in [0, 0.1) is 0 Å². The Morgan fingerprint density at radius 3 is 2.29 bits per heavy atom. The maximum absolute atomic E-state index is 12.6. The lowest BCUT2D eigenvalue weighted by Crippen LogP contribution is -2.23. The van der Waals surface area contributed by atoms with E-state index in [0.717, 1.165) is 11.4 Å². The topological polar surface area (TPSA) is 60.4 Å². The van der Waals surface area contributed by atoms with E-state index >= 15 is 0 Å². The fraction of sp³-hybridized carbons (Fsp3) is 0.200. The third kappa shape index (κ3) is 4.10. The number of aliphatic imine (C=N–C) groups is 1. The van der Waals surface area contributed by atoms with Crippen molar-refractivity contribution in [1.29, 1.82) is 0 Å². The van der Waals surface area contributed by atoms with Crippen molar-refractivity contribution < 1.29 is 19.0 Å². The lowest BCUT2D eigenvalue weighted by molar-refractivity contribution is -0.121. The zero-order valence-corrected chi connectivity index (χ0v) is 17.4. The molecule has 1 aliphatic heterocycles. The summed E-state index contributed by atoms with van der Waals surface area (Å²) in [6.45, 7) is 0. The number of hydrogen-bond donors (Lipinski definition) is 0. The number of hydrogen-bond acceptors (Lipinski definition) is 6. The van der Waals surface area contributed by atoms with Gasteiger partial charge in [0, 0.05) is 13.1 Å². The van der Waals surface area contributed by atoms with Gasteiger partial charge in [0.1, 0.15) is 5.75 Å². The Morgan fingerprint density at radius 2 is 1.68 bits per heavy atom. The van der Waals surface area contributed by atoms with Gasteiger partial charge >= 0.3 is 0 Å². The molecule has 0 aliphatic carbocycles. The zero-order chi connectivity index (χ0) is 20.3. The first-order valence-electron chi connectivity index (χ1n) is 8.28. The molecular weight excluding hydrogens is 400 g/mol. The van der Waals surface area contributed by atoms with Gasteiger partial charge in [-0.05, 0) is 53.7 Å². The van der Waals surface area contributed by atoms with Crippen LogP contribution in [0.2, 0.25) is 5.02 Å². The van der Waals surface area contributed by atoms with Crippen LogP contribution in [0.15, 0.2) is 46.3 Å². The van der Waals surface area contributed by atoms with Gasteiger partial charge in [0.2, 0.25) is 0 Å². The minimum Gasteiger partial charge on any atom is -0.497 e. The van der Waals surface area contributed by atoms with Gasteiger partial charge in [-0.1, -0.05) is 11.6 Å². The van der Waals surface area contributed by atoms with Crippen LogP contribution in [0.5, 0.6) is 17.2 Å². The second-order valence-corrected chi connectivity index (χ2v) is 7.21. The number of nitrogens with zero attached hydrogens (tertiary/aromatic N) is 2. The molecule has 0 atom stereocenters. The first kappa shape index (κ1) is 20.1. The largest absolute Gasteiger partial charge is 0.497 e. The molecule has 146 valence electrons. The van der Waals surface area contributed by atoms with Crippen molar-refractivity contribution in [2.24, 2.45) is 4.99 Å². The van der Waals surface area contributed by atoms with Gasteiger partial charge in [-0.25, -0.2) is 4.99 Å². The number of benzene rings is 2. The molecule has 2 aromatic rings. The number of amidine groups is 1. The van der Waals surface area contributed by atoms with Crippen LogP contribution in [0.4, 0.5) is 5.69 Å². The molecular formula is C20H19ClN2O4S. The van der Waals surface area contributed by atoms with Crippen molar-refractivity contribution in [3.05, 3.63) is 51.9 Å². The van der Waals surface area contributed by atoms with Gasteiger partial charge in [0.15, 0.2) is 16.7 Å². The molecule has 1 saturated heterocycles. The van der Waals surface area contributed by atoms with Crippen molar-refractivity contribution in [2.75, 3.05) is 28.4 Å². The molecule has 2 aromatic carbocycles. The molecule has 0 bridgehead atoms. The van der Waals surface area contributed by atoms with E-state index in [1.807, 2.05) is 24.3 Å². The van der Waals surface area contributed by atoms with Gasteiger partial charge in [-0.15, -0.1) is 0 Å². The first-order chi connectivity index (χ1) is 13.5. The van der Waals surface area contributed by atoms with E-state index in [9.17, 15) is 4.79 Å². The predicted octanol–water partition coefficient (Wildman–Crippen LogP) is 4.60. The van der Waals surface area contributed by atoms with E-state index in [4.69, 9.17) is 25.8 Å². The molecule has 1 heterocycles. The first-order valence-corrected chi connectivity index (χ1v) is 9.48. The monoisotopic (exact) mass is 418 g/mol. The van der Waals surface area contributed by atoms with Crippen molar-refractivity contribution in [3.8, 4) is 17.2 Å². The summed E-state index contributed by atoms with van der Waals surface area (Å²) in [5.41, 5.74) is 1.39. The normalized spacial score (nSPS) is 16.8. The summed E-state index contributed by atoms with van der Waals surface area (Å²) < 4.78 is 15.7. The maximum Gasteiger partial charge on any atom is 0.266 e. The number of carbonyl (C=O) groups excluding carboxylic acids is 1. The third-order valence-corrected chi connectivity index (χ3v) is 5.48. The number of ether oxygens (including phenoxy) is 3. The van der Waals surface area contributed by atoms with E-state index in [1.165, 1.54) is 16.7 Å². The van der Waals surface area contributed by atoms with E-state index in [0.29, 0.717) is 32.2 Å². The summed E-state index contributed by atoms with van der Waals surface area (Å²) in [5.74, 6) is 1.66. The summed E-state index contributed by atoms with van der Waals surface area (Å²) in [4.78, 5) is 19.2. The van der Waals surface area contributed by atoms with Crippen molar-refractivity contribution in [1.82, 2.24) is 4.90 Å². The van der Waals surface area contributed by atoms with Crippen LogP contribution >= 0.6 is 23.4 Å². The molecule has 0 radical (unpaired) electrons. The number of rotatable bonds is 5. The molecule has 1 amide bonds. The van der Waals surface area contributed by atoms with Crippen molar-refractivity contribution >= 4 is 46.2 Å². The van der Waals surface area contributed by atoms with Gasteiger partial charge in [-0.3, -0.25) is 9.69 Å². The highest BCUT2D eigenvalue weighted by Crippen LogP contribution is 2.38. The van der Waals surface area contributed by atoms with Crippen LogP contribution in [-0.4, -0.2) is 44.4 Å². The smallest absolute Gasteiger partial charge is 0.266 e. The van der Waals surface area contributed by atoms with Gasteiger partial charge in [0.05, 0.1) is 36.9 Å². The van der Waals surface area contributed by atoms with Gasteiger partial charge in [-0.2, -0.15) is 0 Å². The Kier molecular flexibility index (Phi) is 6.16. The molecule has 0 aromatic heterocycles. The van der Waals surface area contributed by atoms with Gasteiger partial charge < -0.3 is 14.2 Å². The molecule has 0 unspecified atom stereocenters. The predicted molar refractivity (Wildman–Crippen MR) is 113 cm³/mol. The molecule has 0 saturated carbocycles. The van der Waals surface area contributed by atoms with Crippen molar-refractivity contribution in [2.45, 2.75) is 0 Å². The number of amides is 1. The summed E-state index contributed by atoms with van der Waals surface area (Å²) >= 11 is 7.62. The number of thioether (sulfide) groups is 1. The summed E-state index contributed by atoms with van der Waals surface area (Å²) in [5, 5.41) is 1.04. The average molecular weight is 419 g/mol. The molecule has 6 nitrogen and oxygen atoms in total. The second kappa shape index (κ2) is 8.58. The number of carbonyl (C=O) groups is 1. The summed E-state index contributed by atoms with van der Waals surface area (Å²) in [7, 11) is 6.39. The van der Waals surface area contributed by atoms with E-state index in [-0.39, 0.29) is 5.91 Å². The van der Waals surface area contributed by atoms with E-state index < -0.39 is 0 Å². The average Bonchev–Trinajstić information content (AvgIpc) is 2.97. The molecule has 3 rings (SSSR count). The number of methoxy groups -OCH3 is 3. The lowest BCUT2D eigenvalue weighted by Gasteiger charge is -2.10. The number of likely N-dealkylation sites (N-methyl/N-ethyl adjacent to an activating group) is 1. The fourth-order valence-corrected chi connectivity index (χ4v) is 3.73. The zero-order valence-electron chi connectivity index (χ0n) is 15.9. The molecule has 28 heavy (non-hydrogen) atoms. The van der Waals surface area contributed by atoms with Crippen LogP contribution in [-0.2, 0) is 4.79 Å². The van der Waals surface area contributed by atoms with Gasteiger partial charge in [0.25, 0.3) is 5.91 Å². The highest BCUT2D eigenvalue weighted by Gasteiger charge is 2.30. The quantitative estimate of drug-likeness (QED) is 0.664. The summed E-state index contributed by atoms with van der Waals surface area (Å²) in [6, 6.07) is 10.7.